The summed E-state index contributed by atoms with van der Waals surface area (Å²) in [5, 5.41) is 37.1. The molecule has 0 aliphatic rings. The number of carbonyl (C=O) groups excluding carboxylic acids is 2. The number of carbonyl (C=O) groups is 2. The number of aliphatic hydroxyl groups excluding tert-OH is 4. The second-order valence-corrected chi connectivity index (χ2v) is 7.37. The van der Waals surface area contributed by atoms with Crippen LogP contribution < -0.4 is 5.32 Å². The van der Waals surface area contributed by atoms with E-state index in [0.717, 1.165) is 0 Å². The summed E-state index contributed by atoms with van der Waals surface area (Å²) >= 11 is 3.10. The first kappa shape index (κ1) is 37.7. The molecule has 0 heterocycles. The zero-order valence-corrected chi connectivity index (χ0v) is 22.4. The number of nitrogens with one attached hydrogen (secondary N) is 1. The standard InChI is InChI=1S/C12H22N2O3.C8H12BrNO.C4H11NO2/c1-3-5-14(6-4-2)12(17)11-13(7-9-15)8-10-16;1-3-5-10(6-4-2)8(11)7-9;6-3-1-5-2-4-7/h3-4,15-16H,1-2,5-11H2;3-4H,1-2,5-7H2;5-7H,1-4H2. The largest absolute Gasteiger partial charge is 0.395 e. The van der Waals surface area contributed by atoms with Gasteiger partial charge >= 0.3 is 0 Å². The lowest BCUT2D eigenvalue weighted by molar-refractivity contribution is -0.131. The van der Waals surface area contributed by atoms with Gasteiger partial charge in [-0.15, -0.1) is 26.3 Å². The fourth-order valence-corrected chi connectivity index (χ4v) is 2.75. The predicted molar refractivity (Wildman–Crippen MR) is 145 cm³/mol. The second-order valence-electron chi connectivity index (χ2n) is 6.81. The molecule has 2 amide bonds. The summed E-state index contributed by atoms with van der Waals surface area (Å²) < 4.78 is 0. The third kappa shape index (κ3) is 25.0. The normalized spacial score (nSPS) is 9.66. The van der Waals surface area contributed by atoms with E-state index in [1.54, 1.807) is 39.0 Å². The number of rotatable bonds is 19. The van der Waals surface area contributed by atoms with Crippen molar-refractivity contribution in [3.8, 4) is 0 Å². The number of aliphatic hydroxyl groups is 4. The van der Waals surface area contributed by atoms with Gasteiger partial charge in [0.05, 0.1) is 38.3 Å². The number of halogens is 1. The van der Waals surface area contributed by atoms with Crippen molar-refractivity contribution in [3.05, 3.63) is 50.6 Å². The fourth-order valence-electron chi connectivity index (χ4n) is 2.39. The number of hydrogen-bond acceptors (Lipinski definition) is 8. The van der Waals surface area contributed by atoms with Gasteiger partial charge in [0.2, 0.25) is 11.8 Å². The molecule has 0 saturated heterocycles. The molecular formula is C24H45BrN4O6. The minimum Gasteiger partial charge on any atom is -0.395 e. The highest BCUT2D eigenvalue weighted by molar-refractivity contribution is 9.09. The summed E-state index contributed by atoms with van der Waals surface area (Å²) in [5.74, 6) is -0.00324. The summed E-state index contributed by atoms with van der Waals surface area (Å²) in [6.45, 7) is 18.7. The fraction of sp³-hybridized carbons (Fsp3) is 0.583. The quantitative estimate of drug-likeness (QED) is 0.0813. The number of nitrogens with zero attached hydrogens (tertiary/aromatic N) is 3. The minimum atomic E-state index is -0.0632. The maximum atomic E-state index is 11.9. The molecule has 5 N–H and O–H groups in total. The van der Waals surface area contributed by atoms with E-state index in [1.165, 1.54) is 0 Å². The van der Waals surface area contributed by atoms with E-state index in [-0.39, 0.29) is 44.8 Å². The van der Waals surface area contributed by atoms with Gasteiger partial charge in [0.1, 0.15) is 0 Å². The van der Waals surface area contributed by atoms with E-state index >= 15 is 0 Å². The highest BCUT2D eigenvalue weighted by Gasteiger charge is 2.15. The molecule has 0 atom stereocenters. The van der Waals surface area contributed by atoms with Gasteiger partial charge in [0, 0.05) is 52.4 Å². The zero-order valence-electron chi connectivity index (χ0n) is 20.9. The Kier molecular flexibility index (Phi) is 32.5. The predicted octanol–water partition coefficient (Wildman–Crippen LogP) is -0.384. The molecule has 0 aromatic carbocycles. The molecule has 0 aromatic rings. The summed E-state index contributed by atoms with van der Waals surface area (Å²) in [6, 6.07) is 0. The Morgan fingerprint density at radius 1 is 0.686 bits per heavy atom. The Balaban J connectivity index is -0.000000486. The molecule has 0 unspecified atom stereocenters. The Morgan fingerprint density at radius 2 is 1.06 bits per heavy atom. The molecule has 204 valence electrons. The van der Waals surface area contributed by atoms with E-state index in [9.17, 15) is 9.59 Å². The molecule has 0 aliphatic carbocycles. The molecule has 0 bridgehead atoms. The average molecular weight is 566 g/mol. The van der Waals surface area contributed by atoms with Crippen molar-refractivity contribution in [3.63, 3.8) is 0 Å². The Labute approximate surface area is 219 Å². The van der Waals surface area contributed by atoms with Gasteiger partial charge in [-0.25, -0.2) is 0 Å². The maximum Gasteiger partial charge on any atom is 0.237 e. The molecule has 35 heavy (non-hydrogen) atoms. The highest BCUT2D eigenvalue weighted by atomic mass is 79.9. The van der Waals surface area contributed by atoms with Crippen LogP contribution >= 0.6 is 15.9 Å². The Hall–Kier alpha value is -1.86. The lowest BCUT2D eigenvalue weighted by atomic mass is 10.3. The monoisotopic (exact) mass is 564 g/mol. The molecule has 11 heteroatoms. The molecule has 0 fully saturated rings. The van der Waals surface area contributed by atoms with Crippen molar-refractivity contribution >= 4 is 27.7 Å². The minimum absolute atomic E-state index is 0.0316. The van der Waals surface area contributed by atoms with Crippen LogP contribution in [0, 0.1) is 0 Å². The highest BCUT2D eigenvalue weighted by Crippen LogP contribution is 1.96. The smallest absolute Gasteiger partial charge is 0.237 e. The maximum absolute atomic E-state index is 11.9. The lowest BCUT2D eigenvalue weighted by Crippen LogP contribution is -2.42. The van der Waals surface area contributed by atoms with Gasteiger partial charge in [0.25, 0.3) is 0 Å². The zero-order chi connectivity index (χ0) is 27.3. The third-order valence-corrected chi connectivity index (χ3v) is 4.47. The first-order valence-corrected chi connectivity index (χ1v) is 12.4. The van der Waals surface area contributed by atoms with Crippen molar-refractivity contribution in [2.75, 3.05) is 90.7 Å². The summed E-state index contributed by atoms with van der Waals surface area (Å²) in [7, 11) is 0. The van der Waals surface area contributed by atoms with Crippen molar-refractivity contribution in [1.82, 2.24) is 20.0 Å². The summed E-state index contributed by atoms with van der Waals surface area (Å²) in [4.78, 5) is 28.0. The molecule has 0 spiro atoms. The van der Waals surface area contributed by atoms with Crippen molar-refractivity contribution < 1.29 is 30.0 Å². The van der Waals surface area contributed by atoms with Gasteiger partial charge in [0.15, 0.2) is 0 Å². The van der Waals surface area contributed by atoms with Crippen LogP contribution in [0.15, 0.2) is 50.6 Å². The van der Waals surface area contributed by atoms with Crippen LogP contribution in [0.5, 0.6) is 0 Å². The van der Waals surface area contributed by atoms with Crippen LogP contribution in [0.4, 0.5) is 0 Å². The first-order chi connectivity index (χ1) is 16.9. The van der Waals surface area contributed by atoms with Crippen molar-refractivity contribution in [2.24, 2.45) is 0 Å². The molecular weight excluding hydrogens is 520 g/mol. The van der Waals surface area contributed by atoms with E-state index in [2.05, 4.69) is 47.6 Å². The van der Waals surface area contributed by atoms with Gasteiger partial charge in [-0.3, -0.25) is 14.5 Å². The van der Waals surface area contributed by atoms with Crippen LogP contribution in [-0.4, -0.2) is 138 Å². The van der Waals surface area contributed by atoms with Gasteiger partial charge in [-0.1, -0.05) is 40.2 Å². The van der Waals surface area contributed by atoms with Crippen molar-refractivity contribution in [2.45, 2.75) is 0 Å². The molecule has 0 rings (SSSR count). The van der Waals surface area contributed by atoms with E-state index in [0.29, 0.717) is 57.7 Å². The number of amides is 2. The van der Waals surface area contributed by atoms with E-state index < -0.39 is 0 Å². The van der Waals surface area contributed by atoms with E-state index in [1.807, 2.05) is 0 Å². The molecule has 0 radical (unpaired) electrons. The van der Waals surface area contributed by atoms with Crippen LogP contribution in [-0.2, 0) is 9.59 Å². The molecule has 0 saturated carbocycles. The van der Waals surface area contributed by atoms with Gasteiger partial charge in [-0.2, -0.15) is 0 Å². The number of alkyl halides is 1. The third-order valence-electron chi connectivity index (χ3n) is 3.99. The van der Waals surface area contributed by atoms with Crippen molar-refractivity contribution in [1.29, 1.82) is 0 Å². The molecule has 0 aromatic heterocycles. The average Bonchev–Trinajstić information content (AvgIpc) is 2.84. The Morgan fingerprint density at radius 3 is 1.34 bits per heavy atom. The second kappa shape index (κ2) is 30.2. The van der Waals surface area contributed by atoms with Crippen LogP contribution in [0.1, 0.15) is 0 Å². The molecule has 0 aliphatic heterocycles. The van der Waals surface area contributed by atoms with Gasteiger partial charge < -0.3 is 35.5 Å². The SMILES string of the molecule is C=CCN(CC=C)C(=O)CBr.C=CCN(CC=C)C(=O)CN(CCO)CCO.OCCNCCO. The lowest BCUT2D eigenvalue weighted by Gasteiger charge is -2.25. The van der Waals surface area contributed by atoms with Gasteiger partial charge in [-0.05, 0) is 0 Å². The molecule has 10 nitrogen and oxygen atoms in total. The summed E-state index contributed by atoms with van der Waals surface area (Å²) in [5.41, 5.74) is 0. The summed E-state index contributed by atoms with van der Waals surface area (Å²) in [6.07, 6.45) is 6.71. The first-order valence-electron chi connectivity index (χ1n) is 11.3. The Bertz CT molecular complexity index is 536. The van der Waals surface area contributed by atoms with E-state index in [4.69, 9.17) is 20.4 Å². The van der Waals surface area contributed by atoms with Crippen LogP contribution in [0.25, 0.3) is 0 Å². The van der Waals surface area contributed by atoms with Crippen LogP contribution in [0.3, 0.4) is 0 Å². The number of hydrogen-bond donors (Lipinski definition) is 5. The topological polar surface area (TPSA) is 137 Å². The van der Waals surface area contributed by atoms with Crippen LogP contribution in [0.2, 0.25) is 0 Å².